The van der Waals surface area contributed by atoms with Gasteiger partial charge in [0.25, 0.3) is 0 Å². The van der Waals surface area contributed by atoms with Gasteiger partial charge in [-0.2, -0.15) is 0 Å². The highest BCUT2D eigenvalue weighted by atomic mass is 16.6. The molecule has 3 rings (SSSR count). The van der Waals surface area contributed by atoms with E-state index in [-0.39, 0.29) is 4.86 Å². The maximum atomic E-state index is 10.5. The van der Waals surface area contributed by atoms with Crippen LogP contribution in [-0.4, -0.2) is 10.1 Å². The number of para-hydroxylation sites is 1. The van der Waals surface area contributed by atoms with E-state index in [2.05, 4.69) is 5.28 Å². The fourth-order valence-electron chi connectivity index (χ4n) is 2.05. The molecule has 5 N–H and O–H groups in total. The van der Waals surface area contributed by atoms with Gasteiger partial charge in [-0.15, -0.1) is 0 Å². The van der Waals surface area contributed by atoms with Crippen molar-refractivity contribution in [1.29, 1.82) is 0 Å². The van der Waals surface area contributed by atoms with E-state index in [0.717, 1.165) is 22.5 Å². The summed E-state index contributed by atoms with van der Waals surface area (Å²) in [4.78, 5) is 0.139. The lowest BCUT2D eigenvalue weighted by Gasteiger charge is -2.06. The third-order valence-electron chi connectivity index (χ3n) is 3.22. The third-order valence-corrected chi connectivity index (χ3v) is 3.22. The van der Waals surface area contributed by atoms with Crippen molar-refractivity contribution in [2.45, 2.75) is 0 Å². The molecule has 0 saturated carbocycles. The number of rotatable bonds is 2. The number of nitrogen functional groups attached to an aromatic ring is 2. The Kier molecular flexibility index (Phi) is 5.74. The summed E-state index contributed by atoms with van der Waals surface area (Å²) in [6, 6.07) is 23.8. The largest absolute Gasteiger partial charge is 0.592 e. The number of benzene rings is 3. The Morgan fingerprint density at radius 3 is 2.00 bits per heavy atom. The van der Waals surface area contributed by atoms with Crippen molar-refractivity contribution in [1.82, 2.24) is 0 Å². The summed E-state index contributed by atoms with van der Waals surface area (Å²) in [5.74, 6) is 0. The van der Waals surface area contributed by atoms with E-state index in [1.165, 1.54) is 0 Å². The standard InChI is InChI=1S/C12H12N2.C6H6N2O2/c13-10-6-7-12(14)11(8-10)9-4-2-1-3-5-9;9-7-8(10)6-4-2-1-3-5-6/h1-8H,13-14H2;1-5,9H. The zero-order valence-electron chi connectivity index (χ0n) is 12.9. The average Bonchev–Trinajstić information content (AvgIpc) is 2.65. The van der Waals surface area contributed by atoms with E-state index in [1.807, 2.05) is 48.5 Å². The monoisotopic (exact) mass is 322 g/mol. The Balaban J connectivity index is 0.000000185. The molecular formula is C18H18N4O2. The molecule has 0 aliphatic carbocycles. The number of nitrogens with two attached hydrogens (primary N) is 2. The van der Waals surface area contributed by atoms with E-state index in [1.54, 1.807) is 30.3 Å². The lowest BCUT2D eigenvalue weighted by atomic mass is 10.0. The summed E-state index contributed by atoms with van der Waals surface area (Å²) in [5, 5.41) is 21.0. The molecular weight excluding hydrogens is 304 g/mol. The van der Waals surface area contributed by atoms with Crippen LogP contribution in [0, 0.1) is 5.21 Å². The molecule has 0 fully saturated rings. The first-order valence-corrected chi connectivity index (χ1v) is 7.19. The minimum absolute atomic E-state index is 0.139. The zero-order valence-corrected chi connectivity index (χ0v) is 12.9. The molecule has 6 heteroatoms. The molecule has 6 nitrogen and oxygen atoms in total. The lowest BCUT2D eigenvalue weighted by Crippen LogP contribution is -1.92. The van der Waals surface area contributed by atoms with Gasteiger partial charge in [-0.3, -0.25) is 0 Å². The quantitative estimate of drug-likeness (QED) is 0.284. The summed E-state index contributed by atoms with van der Waals surface area (Å²) < 4.78 is 0. The van der Waals surface area contributed by atoms with E-state index in [0.29, 0.717) is 5.69 Å². The molecule has 0 radical (unpaired) electrons. The smallest absolute Gasteiger partial charge is 0.248 e. The molecule has 0 atom stereocenters. The van der Waals surface area contributed by atoms with Crippen LogP contribution in [0.15, 0.2) is 84.1 Å². The maximum absolute atomic E-state index is 10.5. The maximum Gasteiger partial charge on any atom is 0.248 e. The van der Waals surface area contributed by atoms with Gasteiger partial charge in [0.15, 0.2) is 0 Å². The van der Waals surface area contributed by atoms with Crippen LogP contribution in [0.25, 0.3) is 11.1 Å². The highest BCUT2D eigenvalue weighted by Crippen LogP contribution is 2.27. The lowest BCUT2D eigenvalue weighted by molar-refractivity contribution is -0.473. The molecule has 122 valence electrons. The van der Waals surface area contributed by atoms with E-state index in [4.69, 9.17) is 16.7 Å². The third kappa shape index (κ3) is 4.48. The van der Waals surface area contributed by atoms with Gasteiger partial charge in [-0.1, -0.05) is 48.5 Å². The van der Waals surface area contributed by atoms with Crippen molar-refractivity contribution in [2.24, 2.45) is 5.28 Å². The van der Waals surface area contributed by atoms with Gasteiger partial charge >= 0.3 is 0 Å². The van der Waals surface area contributed by atoms with Crippen molar-refractivity contribution < 1.29 is 10.1 Å². The minimum Gasteiger partial charge on any atom is -0.592 e. The number of anilines is 2. The summed E-state index contributed by atoms with van der Waals surface area (Å²) in [6.45, 7) is 0. The first-order chi connectivity index (χ1) is 11.6. The van der Waals surface area contributed by atoms with Crippen LogP contribution in [0.5, 0.6) is 0 Å². The molecule has 24 heavy (non-hydrogen) atoms. The van der Waals surface area contributed by atoms with Crippen LogP contribution in [0.1, 0.15) is 0 Å². The van der Waals surface area contributed by atoms with E-state index < -0.39 is 0 Å². The number of nitrogens with zero attached hydrogens (tertiary/aromatic N) is 2. The zero-order chi connectivity index (χ0) is 17.4. The minimum atomic E-state index is 0.139. The molecule has 3 aromatic carbocycles. The number of hydrogen-bond acceptors (Lipinski definition) is 4. The van der Waals surface area contributed by atoms with Crippen molar-refractivity contribution in [2.75, 3.05) is 11.5 Å². The molecule has 0 aliphatic heterocycles. The van der Waals surface area contributed by atoms with Gasteiger partial charge in [-0.25, -0.2) is 0 Å². The summed E-state index contributed by atoms with van der Waals surface area (Å²) in [6.07, 6.45) is 0. The van der Waals surface area contributed by atoms with Crippen LogP contribution < -0.4 is 11.5 Å². The second kappa shape index (κ2) is 8.19. The van der Waals surface area contributed by atoms with Crippen LogP contribution >= 0.6 is 0 Å². The molecule has 0 saturated heterocycles. The first-order valence-electron chi connectivity index (χ1n) is 7.19. The van der Waals surface area contributed by atoms with Gasteiger partial charge in [-0.05, 0) is 28.6 Å². The van der Waals surface area contributed by atoms with Crippen LogP contribution in [0.4, 0.5) is 17.1 Å². The van der Waals surface area contributed by atoms with Crippen molar-refractivity contribution in [3.8, 4) is 11.1 Å². The second-order valence-electron chi connectivity index (χ2n) is 4.91. The second-order valence-corrected chi connectivity index (χ2v) is 4.91. The first kappa shape index (κ1) is 16.8. The van der Waals surface area contributed by atoms with Gasteiger partial charge in [0.2, 0.25) is 11.0 Å². The summed E-state index contributed by atoms with van der Waals surface area (Å²) >= 11 is 0. The molecule has 0 spiro atoms. The molecule has 0 bridgehead atoms. The van der Waals surface area contributed by atoms with Crippen molar-refractivity contribution in [3.63, 3.8) is 0 Å². The summed E-state index contributed by atoms with van der Waals surface area (Å²) in [5.41, 5.74) is 15.5. The summed E-state index contributed by atoms with van der Waals surface area (Å²) in [7, 11) is 0. The van der Waals surface area contributed by atoms with Crippen molar-refractivity contribution in [3.05, 3.63) is 84.1 Å². The van der Waals surface area contributed by atoms with Crippen LogP contribution in [0.2, 0.25) is 0 Å². The Morgan fingerprint density at radius 1 is 0.833 bits per heavy atom. The SMILES string of the molecule is Nc1ccc(N)c(-c2ccccc2)c1.[O-][N+](=NO)c1ccccc1. The molecule has 0 aliphatic rings. The molecule has 3 aromatic rings. The molecule has 0 aromatic heterocycles. The highest BCUT2D eigenvalue weighted by Gasteiger charge is 2.01. The normalized spacial score (nSPS) is 10.6. The van der Waals surface area contributed by atoms with Gasteiger partial charge in [0.05, 0.1) is 0 Å². The molecule has 0 unspecified atom stereocenters. The fraction of sp³-hybridized carbons (Fsp3) is 0. The topological polar surface area (TPSA) is 111 Å². The van der Waals surface area contributed by atoms with E-state index >= 15 is 0 Å². The Bertz CT molecular complexity index is 806. The van der Waals surface area contributed by atoms with Gasteiger partial charge < -0.3 is 21.9 Å². The van der Waals surface area contributed by atoms with Crippen LogP contribution in [-0.2, 0) is 0 Å². The molecule has 0 heterocycles. The predicted octanol–water partition coefficient (Wildman–Crippen LogP) is 4.19. The molecule has 0 amide bonds. The van der Waals surface area contributed by atoms with Gasteiger partial charge in [0, 0.05) is 29.1 Å². The fourth-order valence-corrected chi connectivity index (χ4v) is 2.05. The number of hydrogen-bond donors (Lipinski definition) is 3. The van der Waals surface area contributed by atoms with Crippen LogP contribution in [0.3, 0.4) is 0 Å². The van der Waals surface area contributed by atoms with Crippen molar-refractivity contribution >= 4 is 17.1 Å². The highest BCUT2D eigenvalue weighted by molar-refractivity contribution is 5.79. The Morgan fingerprint density at radius 2 is 1.42 bits per heavy atom. The van der Waals surface area contributed by atoms with E-state index in [9.17, 15) is 5.21 Å². The van der Waals surface area contributed by atoms with Gasteiger partial charge in [0.1, 0.15) is 0 Å². The predicted molar refractivity (Wildman–Crippen MR) is 94.6 cm³/mol. The Hall–Kier alpha value is -3.54. The average molecular weight is 322 g/mol. The Labute approximate surface area is 139 Å².